The van der Waals surface area contributed by atoms with Crippen molar-refractivity contribution in [2.45, 2.75) is 32.4 Å². The van der Waals surface area contributed by atoms with E-state index in [0.29, 0.717) is 12.6 Å². The van der Waals surface area contributed by atoms with Gasteiger partial charge in [0.1, 0.15) is 17.6 Å². The summed E-state index contributed by atoms with van der Waals surface area (Å²) in [7, 11) is 3.44. The predicted molar refractivity (Wildman–Crippen MR) is 101 cm³/mol. The number of halogens is 1. The first-order valence-corrected chi connectivity index (χ1v) is 7.40. The van der Waals surface area contributed by atoms with E-state index < -0.39 is 0 Å². The average Bonchev–Trinajstić information content (AvgIpc) is 3.19. The van der Waals surface area contributed by atoms with Crippen molar-refractivity contribution in [1.82, 2.24) is 10.6 Å². The van der Waals surface area contributed by atoms with Gasteiger partial charge in [-0.2, -0.15) is 0 Å². The second-order valence-electron chi connectivity index (χ2n) is 5.52. The van der Waals surface area contributed by atoms with Crippen molar-refractivity contribution in [2.75, 3.05) is 20.7 Å². The third kappa shape index (κ3) is 5.90. The molecule has 0 amide bonds. The second-order valence-corrected chi connectivity index (χ2v) is 5.52. The van der Waals surface area contributed by atoms with Crippen molar-refractivity contribution in [3.8, 4) is 11.5 Å². The number of hydrogen-bond acceptors (Lipinski definition) is 3. The van der Waals surface area contributed by atoms with Gasteiger partial charge >= 0.3 is 0 Å². The molecule has 0 bridgehead atoms. The molecule has 0 saturated heterocycles. The summed E-state index contributed by atoms with van der Waals surface area (Å²) in [5.74, 6) is 3.26. The van der Waals surface area contributed by atoms with Crippen molar-refractivity contribution in [1.29, 1.82) is 0 Å². The zero-order valence-corrected chi connectivity index (χ0v) is 16.0. The Morgan fingerprint density at radius 1 is 1.32 bits per heavy atom. The van der Waals surface area contributed by atoms with Crippen molar-refractivity contribution >= 4 is 29.9 Å². The van der Waals surface area contributed by atoms with Gasteiger partial charge in [-0.25, -0.2) is 0 Å². The average molecular weight is 419 g/mol. The fraction of sp³-hybridized carbons (Fsp3) is 0.562. The number of methoxy groups -OCH3 is 1. The van der Waals surface area contributed by atoms with Crippen molar-refractivity contribution in [3.63, 3.8) is 0 Å². The van der Waals surface area contributed by atoms with Crippen LogP contribution in [0.5, 0.6) is 11.5 Å². The molecule has 2 N–H and O–H groups in total. The Labute approximate surface area is 149 Å². The lowest BCUT2D eigenvalue weighted by molar-refractivity contribution is 0.223. The van der Waals surface area contributed by atoms with Crippen LogP contribution in [-0.2, 0) is 0 Å². The van der Waals surface area contributed by atoms with Crippen molar-refractivity contribution in [3.05, 3.63) is 24.3 Å². The molecule has 6 heteroatoms. The lowest BCUT2D eigenvalue weighted by Crippen LogP contribution is -2.43. The van der Waals surface area contributed by atoms with E-state index in [9.17, 15) is 0 Å². The van der Waals surface area contributed by atoms with E-state index in [0.717, 1.165) is 23.4 Å². The highest BCUT2D eigenvalue weighted by Crippen LogP contribution is 2.28. The Morgan fingerprint density at radius 3 is 2.41 bits per heavy atom. The summed E-state index contributed by atoms with van der Waals surface area (Å²) in [6.45, 7) is 4.97. The van der Waals surface area contributed by atoms with Gasteiger partial charge in [0.05, 0.1) is 13.7 Å². The summed E-state index contributed by atoms with van der Waals surface area (Å²) in [6.07, 6.45) is 1.27. The SMILES string of the molecule is CN=C(NCC(C)Oc1ccc(OC)cc1)NC1CC1C.I. The monoisotopic (exact) mass is 419 g/mol. The molecule has 3 unspecified atom stereocenters. The van der Waals surface area contributed by atoms with Crippen LogP contribution in [0.2, 0.25) is 0 Å². The number of benzene rings is 1. The Hall–Kier alpha value is -1.18. The van der Waals surface area contributed by atoms with E-state index in [4.69, 9.17) is 9.47 Å². The van der Waals surface area contributed by atoms with Gasteiger partial charge in [0.15, 0.2) is 5.96 Å². The minimum absolute atomic E-state index is 0. The van der Waals surface area contributed by atoms with Crippen LogP contribution in [-0.4, -0.2) is 38.8 Å². The summed E-state index contributed by atoms with van der Waals surface area (Å²) in [5.41, 5.74) is 0. The molecule has 0 spiro atoms. The number of nitrogens with zero attached hydrogens (tertiary/aromatic N) is 1. The van der Waals surface area contributed by atoms with Gasteiger partial charge in [-0.1, -0.05) is 6.92 Å². The fourth-order valence-electron chi connectivity index (χ4n) is 2.06. The molecule has 5 nitrogen and oxygen atoms in total. The van der Waals surface area contributed by atoms with Gasteiger partial charge in [0.2, 0.25) is 0 Å². The second kappa shape index (κ2) is 9.07. The Bertz CT molecular complexity index is 479. The Balaban J connectivity index is 0.00000242. The number of guanidine groups is 1. The smallest absolute Gasteiger partial charge is 0.191 e. The molecule has 1 saturated carbocycles. The molecule has 0 aromatic heterocycles. The van der Waals surface area contributed by atoms with Crippen molar-refractivity contribution < 1.29 is 9.47 Å². The molecule has 0 heterocycles. The molecule has 1 fully saturated rings. The highest BCUT2D eigenvalue weighted by atomic mass is 127. The predicted octanol–water partition coefficient (Wildman–Crippen LogP) is 2.65. The number of nitrogens with one attached hydrogen (secondary N) is 2. The normalized spacial score (nSPS) is 21.4. The van der Waals surface area contributed by atoms with Crippen LogP contribution in [0.1, 0.15) is 20.3 Å². The maximum absolute atomic E-state index is 5.85. The van der Waals surface area contributed by atoms with E-state index in [1.54, 1.807) is 14.2 Å². The van der Waals surface area contributed by atoms with Gasteiger partial charge < -0.3 is 20.1 Å². The third-order valence-electron chi connectivity index (χ3n) is 3.61. The molecular weight excluding hydrogens is 393 g/mol. The van der Waals surface area contributed by atoms with Gasteiger partial charge in [0.25, 0.3) is 0 Å². The Kier molecular flexibility index (Phi) is 7.78. The fourth-order valence-corrected chi connectivity index (χ4v) is 2.06. The third-order valence-corrected chi connectivity index (χ3v) is 3.61. The van der Waals surface area contributed by atoms with Crippen LogP contribution < -0.4 is 20.1 Å². The molecule has 22 heavy (non-hydrogen) atoms. The molecule has 0 radical (unpaired) electrons. The van der Waals surface area contributed by atoms with Crippen LogP contribution in [0.3, 0.4) is 0 Å². The number of rotatable bonds is 6. The number of hydrogen-bond donors (Lipinski definition) is 2. The van der Waals surface area contributed by atoms with Gasteiger partial charge in [-0.05, 0) is 43.5 Å². The first kappa shape index (κ1) is 18.9. The number of aliphatic imine (C=N–C) groups is 1. The van der Waals surface area contributed by atoms with Crippen LogP contribution in [0.25, 0.3) is 0 Å². The van der Waals surface area contributed by atoms with Crippen LogP contribution in [0.15, 0.2) is 29.3 Å². The summed E-state index contributed by atoms with van der Waals surface area (Å²) in [5, 5.41) is 6.68. The molecule has 1 aromatic rings. The topological polar surface area (TPSA) is 54.9 Å². The molecule has 0 aliphatic heterocycles. The minimum Gasteiger partial charge on any atom is -0.497 e. The zero-order valence-electron chi connectivity index (χ0n) is 13.6. The highest BCUT2D eigenvalue weighted by molar-refractivity contribution is 14.0. The van der Waals surface area contributed by atoms with E-state index in [1.807, 2.05) is 31.2 Å². The summed E-state index contributed by atoms with van der Waals surface area (Å²) in [4.78, 5) is 4.23. The molecule has 1 aliphatic carbocycles. The van der Waals surface area contributed by atoms with E-state index in [1.165, 1.54) is 6.42 Å². The lowest BCUT2D eigenvalue weighted by atomic mass is 10.3. The van der Waals surface area contributed by atoms with E-state index >= 15 is 0 Å². The summed E-state index contributed by atoms with van der Waals surface area (Å²) < 4.78 is 11.0. The molecule has 2 rings (SSSR count). The van der Waals surface area contributed by atoms with Gasteiger partial charge in [0, 0.05) is 13.1 Å². The standard InChI is InChI=1S/C16H25N3O2.HI/c1-11-9-15(11)19-16(17-3)18-10-12(2)21-14-7-5-13(20-4)6-8-14;/h5-8,11-12,15H,9-10H2,1-4H3,(H2,17,18,19);1H. The summed E-state index contributed by atoms with van der Waals surface area (Å²) >= 11 is 0. The largest absolute Gasteiger partial charge is 0.497 e. The maximum atomic E-state index is 5.85. The van der Waals surface area contributed by atoms with Crippen LogP contribution >= 0.6 is 24.0 Å². The minimum atomic E-state index is 0. The molecular formula is C16H26IN3O2. The van der Waals surface area contributed by atoms with Gasteiger partial charge in [-0.15, -0.1) is 24.0 Å². The van der Waals surface area contributed by atoms with Crippen LogP contribution in [0, 0.1) is 5.92 Å². The molecule has 124 valence electrons. The van der Waals surface area contributed by atoms with Crippen molar-refractivity contribution in [2.24, 2.45) is 10.9 Å². The van der Waals surface area contributed by atoms with E-state index in [-0.39, 0.29) is 30.1 Å². The quantitative estimate of drug-likeness (QED) is 0.423. The Morgan fingerprint density at radius 2 is 1.91 bits per heavy atom. The highest BCUT2D eigenvalue weighted by Gasteiger charge is 2.33. The van der Waals surface area contributed by atoms with Gasteiger partial charge in [-0.3, -0.25) is 4.99 Å². The first-order chi connectivity index (χ1) is 10.1. The zero-order chi connectivity index (χ0) is 15.2. The molecule has 1 aromatic carbocycles. The lowest BCUT2D eigenvalue weighted by Gasteiger charge is -2.18. The first-order valence-electron chi connectivity index (χ1n) is 7.40. The van der Waals surface area contributed by atoms with Crippen LogP contribution in [0.4, 0.5) is 0 Å². The maximum Gasteiger partial charge on any atom is 0.191 e. The molecule has 1 aliphatic rings. The number of ether oxygens (including phenoxy) is 2. The summed E-state index contributed by atoms with van der Waals surface area (Å²) in [6, 6.07) is 8.17. The molecule has 3 atom stereocenters. The van der Waals surface area contributed by atoms with E-state index in [2.05, 4.69) is 22.5 Å².